The highest BCUT2D eigenvalue weighted by molar-refractivity contribution is 5.85. The Bertz CT molecular complexity index is 490. The number of benzene rings is 1. The molecule has 1 saturated carbocycles. The van der Waals surface area contributed by atoms with Crippen molar-refractivity contribution in [1.29, 1.82) is 0 Å². The van der Waals surface area contributed by atoms with Crippen molar-refractivity contribution in [3.8, 4) is 0 Å². The van der Waals surface area contributed by atoms with Crippen molar-refractivity contribution in [1.82, 2.24) is 0 Å². The lowest BCUT2D eigenvalue weighted by Gasteiger charge is -2.10. The maximum absolute atomic E-state index is 13.5. The fourth-order valence-corrected chi connectivity index (χ4v) is 2.49. The van der Waals surface area contributed by atoms with Crippen molar-refractivity contribution < 1.29 is 19.0 Å². The molecule has 1 fully saturated rings. The number of aliphatic carboxylic acids is 1. The van der Waals surface area contributed by atoms with Crippen molar-refractivity contribution in [3.63, 3.8) is 0 Å². The lowest BCUT2D eigenvalue weighted by atomic mass is 10.1. The summed E-state index contributed by atoms with van der Waals surface area (Å²) >= 11 is 0. The molecule has 1 N–H and O–H groups in total. The second-order valence-corrected chi connectivity index (χ2v) is 5.19. The molecule has 0 unspecified atom stereocenters. The van der Waals surface area contributed by atoms with Crippen LogP contribution in [0, 0.1) is 11.7 Å². The Labute approximate surface area is 118 Å². The number of hydrogen-bond acceptors (Lipinski definition) is 2. The maximum atomic E-state index is 13.5. The van der Waals surface area contributed by atoms with Gasteiger partial charge in [-0.1, -0.05) is 18.9 Å². The van der Waals surface area contributed by atoms with E-state index in [1.807, 2.05) is 0 Å². The number of ether oxygens (including phenoxy) is 1. The number of halogens is 1. The Morgan fingerprint density at radius 2 is 2.15 bits per heavy atom. The van der Waals surface area contributed by atoms with Crippen LogP contribution in [0.2, 0.25) is 0 Å². The first kappa shape index (κ1) is 14.7. The van der Waals surface area contributed by atoms with Crippen LogP contribution >= 0.6 is 0 Å². The van der Waals surface area contributed by atoms with Gasteiger partial charge in [-0.25, -0.2) is 9.18 Å². The standard InChI is InChI=1S/C16H19FO3/c17-15-7-5-13(9-14(15)6-8-16(18)19)11-20-10-12-3-1-2-4-12/h5-9,12H,1-4,10-11H2,(H,18,19). The summed E-state index contributed by atoms with van der Waals surface area (Å²) in [4.78, 5) is 10.5. The molecule has 108 valence electrons. The summed E-state index contributed by atoms with van der Waals surface area (Å²) in [5.41, 5.74) is 1.13. The Morgan fingerprint density at radius 3 is 2.85 bits per heavy atom. The molecular weight excluding hydrogens is 259 g/mol. The van der Waals surface area contributed by atoms with Gasteiger partial charge in [0.1, 0.15) is 5.82 Å². The SMILES string of the molecule is O=C(O)C=Cc1cc(COCC2CCCC2)ccc1F. The van der Waals surface area contributed by atoms with Crippen molar-refractivity contribution in [2.75, 3.05) is 6.61 Å². The minimum Gasteiger partial charge on any atom is -0.478 e. The lowest BCUT2D eigenvalue weighted by Crippen LogP contribution is -2.05. The van der Waals surface area contributed by atoms with Crippen LogP contribution in [-0.4, -0.2) is 17.7 Å². The molecule has 0 spiro atoms. The molecule has 20 heavy (non-hydrogen) atoms. The Morgan fingerprint density at radius 1 is 1.40 bits per heavy atom. The van der Waals surface area contributed by atoms with E-state index in [0.717, 1.165) is 18.2 Å². The van der Waals surface area contributed by atoms with Gasteiger partial charge in [-0.05, 0) is 42.5 Å². The molecule has 0 heterocycles. The largest absolute Gasteiger partial charge is 0.478 e. The van der Waals surface area contributed by atoms with Crippen LogP contribution < -0.4 is 0 Å². The van der Waals surface area contributed by atoms with Crippen LogP contribution in [0.1, 0.15) is 36.8 Å². The third-order valence-electron chi connectivity index (χ3n) is 3.56. The van der Waals surface area contributed by atoms with Crippen LogP contribution in [0.4, 0.5) is 4.39 Å². The Balaban J connectivity index is 1.90. The summed E-state index contributed by atoms with van der Waals surface area (Å²) in [5, 5.41) is 8.56. The summed E-state index contributed by atoms with van der Waals surface area (Å²) in [6.45, 7) is 1.18. The Hall–Kier alpha value is -1.68. The van der Waals surface area contributed by atoms with Gasteiger partial charge in [-0.15, -0.1) is 0 Å². The first-order chi connectivity index (χ1) is 9.65. The van der Waals surface area contributed by atoms with E-state index in [0.29, 0.717) is 12.5 Å². The van der Waals surface area contributed by atoms with E-state index in [4.69, 9.17) is 9.84 Å². The van der Waals surface area contributed by atoms with Gasteiger partial charge >= 0.3 is 5.97 Å². The highest BCUT2D eigenvalue weighted by atomic mass is 19.1. The van der Waals surface area contributed by atoms with Crippen molar-refractivity contribution in [3.05, 3.63) is 41.2 Å². The summed E-state index contributed by atoms with van der Waals surface area (Å²) in [7, 11) is 0. The summed E-state index contributed by atoms with van der Waals surface area (Å²) in [6, 6.07) is 4.64. The molecule has 0 radical (unpaired) electrons. The molecule has 3 nitrogen and oxygen atoms in total. The number of carbonyl (C=O) groups is 1. The van der Waals surface area contributed by atoms with Gasteiger partial charge in [0.25, 0.3) is 0 Å². The fraction of sp³-hybridized carbons (Fsp3) is 0.438. The topological polar surface area (TPSA) is 46.5 Å². The number of rotatable bonds is 6. The highest BCUT2D eigenvalue weighted by Crippen LogP contribution is 2.25. The first-order valence-electron chi connectivity index (χ1n) is 6.92. The predicted octanol–water partition coefficient (Wildman–Crippen LogP) is 3.63. The van der Waals surface area contributed by atoms with Gasteiger partial charge in [-0.3, -0.25) is 0 Å². The quantitative estimate of drug-likeness (QED) is 0.808. The van der Waals surface area contributed by atoms with E-state index in [9.17, 15) is 9.18 Å². The van der Waals surface area contributed by atoms with E-state index < -0.39 is 11.8 Å². The van der Waals surface area contributed by atoms with Crippen molar-refractivity contribution >= 4 is 12.0 Å². The molecule has 0 aromatic heterocycles. The molecule has 1 aliphatic carbocycles. The summed E-state index contributed by atoms with van der Waals surface area (Å²) in [5.74, 6) is -0.865. The third-order valence-corrected chi connectivity index (χ3v) is 3.56. The monoisotopic (exact) mass is 278 g/mol. The molecule has 0 atom stereocenters. The summed E-state index contributed by atoms with van der Waals surface area (Å²) < 4.78 is 19.2. The van der Waals surface area contributed by atoms with E-state index in [1.54, 1.807) is 12.1 Å². The molecule has 0 aliphatic heterocycles. The van der Waals surface area contributed by atoms with Gasteiger partial charge < -0.3 is 9.84 Å². The van der Waals surface area contributed by atoms with Gasteiger partial charge in [0.05, 0.1) is 6.61 Å². The van der Waals surface area contributed by atoms with E-state index in [-0.39, 0.29) is 5.56 Å². The van der Waals surface area contributed by atoms with Crippen LogP contribution in [-0.2, 0) is 16.1 Å². The maximum Gasteiger partial charge on any atom is 0.328 e. The number of hydrogen-bond donors (Lipinski definition) is 1. The molecule has 1 aliphatic rings. The zero-order chi connectivity index (χ0) is 14.4. The van der Waals surface area contributed by atoms with E-state index in [1.165, 1.54) is 37.8 Å². The van der Waals surface area contributed by atoms with Crippen LogP contribution in [0.25, 0.3) is 6.08 Å². The van der Waals surface area contributed by atoms with Gasteiger partial charge in [0, 0.05) is 18.2 Å². The summed E-state index contributed by atoms with van der Waals surface area (Å²) in [6.07, 6.45) is 7.23. The zero-order valence-electron chi connectivity index (χ0n) is 11.3. The van der Waals surface area contributed by atoms with Gasteiger partial charge in [0.2, 0.25) is 0 Å². The number of carboxylic acids is 1. The fourth-order valence-electron chi connectivity index (χ4n) is 2.49. The molecule has 4 heteroatoms. The average molecular weight is 278 g/mol. The molecule has 1 aromatic carbocycles. The average Bonchev–Trinajstić information content (AvgIpc) is 2.92. The normalized spacial score (nSPS) is 16.1. The molecule has 2 rings (SSSR count). The van der Waals surface area contributed by atoms with Crippen molar-refractivity contribution in [2.24, 2.45) is 5.92 Å². The molecular formula is C16H19FO3. The predicted molar refractivity (Wildman–Crippen MR) is 74.7 cm³/mol. The second kappa shape index (κ2) is 7.20. The lowest BCUT2D eigenvalue weighted by molar-refractivity contribution is -0.131. The highest BCUT2D eigenvalue weighted by Gasteiger charge is 2.14. The molecule has 1 aromatic rings. The second-order valence-electron chi connectivity index (χ2n) is 5.19. The van der Waals surface area contributed by atoms with Crippen molar-refractivity contribution in [2.45, 2.75) is 32.3 Å². The van der Waals surface area contributed by atoms with E-state index in [2.05, 4.69) is 0 Å². The van der Waals surface area contributed by atoms with Gasteiger partial charge in [0.15, 0.2) is 0 Å². The zero-order valence-corrected chi connectivity index (χ0v) is 11.3. The first-order valence-corrected chi connectivity index (χ1v) is 6.92. The Kier molecular flexibility index (Phi) is 5.30. The van der Waals surface area contributed by atoms with E-state index >= 15 is 0 Å². The molecule has 0 saturated heterocycles. The molecule has 0 amide bonds. The smallest absolute Gasteiger partial charge is 0.328 e. The number of carboxylic acid groups (broad SMARTS) is 1. The third kappa shape index (κ3) is 4.46. The van der Waals surface area contributed by atoms with Crippen LogP contribution in [0.15, 0.2) is 24.3 Å². The van der Waals surface area contributed by atoms with Crippen LogP contribution in [0.3, 0.4) is 0 Å². The van der Waals surface area contributed by atoms with Crippen LogP contribution in [0.5, 0.6) is 0 Å². The minimum atomic E-state index is -1.09. The van der Waals surface area contributed by atoms with Gasteiger partial charge in [-0.2, -0.15) is 0 Å². The molecule has 0 bridgehead atoms. The minimum absolute atomic E-state index is 0.273.